The van der Waals surface area contributed by atoms with E-state index < -0.39 is 5.60 Å². The summed E-state index contributed by atoms with van der Waals surface area (Å²) in [5.41, 5.74) is 0.00156. The maximum Gasteiger partial charge on any atom is 0.164 e. The molecule has 0 saturated heterocycles. The zero-order valence-corrected chi connectivity index (χ0v) is 11.1. The predicted octanol–water partition coefficient (Wildman–Crippen LogP) is 2.01. The number of ketones is 1. The molecule has 0 aliphatic heterocycles. The molecule has 1 aromatic heterocycles. The van der Waals surface area contributed by atoms with Crippen LogP contribution in [0.3, 0.4) is 0 Å². The molecule has 4 heteroatoms. The number of nitrogens with zero attached hydrogens (tertiary/aromatic N) is 2. The van der Waals surface area contributed by atoms with E-state index in [1.807, 2.05) is 13.2 Å². The maximum absolute atomic E-state index is 12.2. The highest BCUT2D eigenvalue weighted by Crippen LogP contribution is 2.29. The fourth-order valence-corrected chi connectivity index (χ4v) is 2.68. The van der Waals surface area contributed by atoms with Crippen LogP contribution in [0.15, 0.2) is 12.4 Å². The van der Waals surface area contributed by atoms with Crippen LogP contribution in [0, 0.1) is 0 Å². The Morgan fingerprint density at radius 3 is 2.61 bits per heavy atom. The Labute approximate surface area is 108 Å². The van der Waals surface area contributed by atoms with Gasteiger partial charge in [-0.3, -0.25) is 9.48 Å². The molecule has 1 fully saturated rings. The first-order valence-electron chi connectivity index (χ1n) is 6.83. The van der Waals surface area contributed by atoms with Crippen molar-refractivity contribution in [3.8, 4) is 0 Å². The Balaban J connectivity index is 1.90. The average Bonchev–Trinajstić information content (AvgIpc) is 2.62. The van der Waals surface area contributed by atoms with Crippen molar-refractivity contribution >= 4 is 5.78 Å². The lowest BCUT2D eigenvalue weighted by atomic mass is 9.87. The molecule has 1 aliphatic carbocycles. The SMILES string of the molecule is Cn1cc(CCC(=O)C2(O)CCCCCC2)cn1. The van der Waals surface area contributed by atoms with E-state index in [0.29, 0.717) is 25.7 Å². The van der Waals surface area contributed by atoms with Crippen LogP contribution in [-0.2, 0) is 18.3 Å². The summed E-state index contributed by atoms with van der Waals surface area (Å²) in [5, 5.41) is 14.5. The zero-order valence-electron chi connectivity index (χ0n) is 11.1. The van der Waals surface area contributed by atoms with Crippen LogP contribution in [0.5, 0.6) is 0 Å². The largest absolute Gasteiger partial charge is 0.382 e. The van der Waals surface area contributed by atoms with Crippen LogP contribution in [0.1, 0.15) is 50.5 Å². The molecule has 0 radical (unpaired) electrons. The summed E-state index contributed by atoms with van der Waals surface area (Å²) in [6, 6.07) is 0. The molecule has 100 valence electrons. The Kier molecular flexibility index (Phi) is 4.17. The summed E-state index contributed by atoms with van der Waals surface area (Å²) in [7, 11) is 1.87. The monoisotopic (exact) mass is 250 g/mol. The van der Waals surface area contributed by atoms with Crippen molar-refractivity contribution in [2.75, 3.05) is 0 Å². The third-order valence-electron chi connectivity index (χ3n) is 3.85. The summed E-state index contributed by atoms with van der Waals surface area (Å²) >= 11 is 0. The second kappa shape index (κ2) is 5.65. The van der Waals surface area contributed by atoms with Crippen molar-refractivity contribution < 1.29 is 9.90 Å². The number of aromatic nitrogens is 2. The molecule has 4 nitrogen and oxygen atoms in total. The van der Waals surface area contributed by atoms with Gasteiger partial charge in [0.05, 0.1) is 6.20 Å². The number of aryl methyl sites for hydroxylation is 2. The molecule has 0 spiro atoms. The van der Waals surface area contributed by atoms with Gasteiger partial charge in [0.15, 0.2) is 5.78 Å². The molecular weight excluding hydrogens is 228 g/mol. The van der Waals surface area contributed by atoms with E-state index >= 15 is 0 Å². The van der Waals surface area contributed by atoms with Gasteiger partial charge in [0.2, 0.25) is 0 Å². The highest BCUT2D eigenvalue weighted by atomic mass is 16.3. The fourth-order valence-electron chi connectivity index (χ4n) is 2.68. The Morgan fingerprint density at radius 1 is 1.39 bits per heavy atom. The maximum atomic E-state index is 12.2. The van der Waals surface area contributed by atoms with Crippen LogP contribution < -0.4 is 0 Å². The molecule has 1 saturated carbocycles. The third kappa shape index (κ3) is 3.19. The van der Waals surface area contributed by atoms with Crippen LogP contribution in [-0.4, -0.2) is 26.3 Å². The minimum atomic E-state index is -1.06. The normalized spacial score (nSPS) is 19.4. The first kappa shape index (κ1) is 13.3. The summed E-state index contributed by atoms with van der Waals surface area (Å²) in [6.07, 6.45) is 10.3. The van der Waals surface area contributed by atoms with Crippen LogP contribution in [0.2, 0.25) is 0 Å². The van der Waals surface area contributed by atoms with Gasteiger partial charge in [0.25, 0.3) is 0 Å². The van der Waals surface area contributed by atoms with Crippen LogP contribution >= 0.6 is 0 Å². The summed E-state index contributed by atoms with van der Waals surface area (Å²) in [6.45, 7) is 0. The van der Waals surface area contributed by atoms with Crippen molar-refractivity contribution in [3.05, 3.63) is 18.0 Å². The van der Waals surface area contributed by atoms with Crippen molar-refractivity contribution in [1.29, 1.82) is 0 Å². The smallest absolute Gasteiger partial charge is 0.164 e. The lowest BCUT2D eigenvalue weighted by Crippen LogP contribution is -2.38. The molecule has 18 heavy (non-hydrogen) atoms. The van der Waals surface area contributed by atoms with Gasteiger partial charge in [-0.1, -0.05) is 25.7 Å². The van der Waals surface area contributed by atoms with Gasteiger partial charge in [-0.25, -0.2) is 0 Å². The summed E-state index contributed by atoms with van der Waals surface area (Å²) in [5.74, 6) is 0.00764. The molecule has 1 heterocycles. The van der Waals surface area contributed by atoms with E-state index in [2.05, 4.69) is 5.10 Å². The minimum absolute atomic E-state index is 0.00764. The summed E-state index contributed by atoms with van der Waals surface area (Å²) < 4.78 is 1.74. The summed E-state index contributed by atoms with van der Waals surface area (Å²) in [4.78, 5) is 12.2. The van der Waals surface area contributed by atoms with Gasteiger partial charge in [0, 0.05) is 19.7 Å². The topological polar surface area (TPSA) is 55.1 Å². The quantitative estimate of drug-likeness (QED) is 0.832. The molecule has 1 aromatic rings. The average molecular weight is 250 g/mol. The van der Waals surface area contributed by atoms with Crippen LogP contribution in [0.25, 0.3) is 0 Å². The van der Waals surface area contributed by atoms with Gasteiger partial charge in [-0.05, 0) is 24.8 Å². The molecular formula is C14H22N2O2. The van der Waals surface area contributed by atoms with E-state index in [-0.39, 0.29) is 5.78 Å². The minimum Gasteiger partial charge on any atom is -0.382 e. The van der Waals surface area contributed by atoms with Crippen molar-refractivity contribution in [2.24, 2.45) is 7.05 Å². The van der Waals surface area contributed by atoms with E-state index in [4.69, 9.17) is 0 Å². The lowest BCUT2D eigenvalue weighted by Gasteiger charge is -2.24. The highest BCUT2D eigenvalue weighted by molar-refractivity contribution is 5.87. The van der Waals surface area contributed by atoms with Crippen LogP contribution in [0.4, 0.5) is 0 Å². The molecule has 0 amide bonds. The van der Waals surface area contributed by atoms with Crippen molar-refractivity contribution in [1.82, 2.24) is 9.78 Å². The number of carbonyl (C=O) groups is 1. The lowest BCUT2D eigenvalue weighted by molar-refractivity contribution is -0.138. The van der Waals surface area contributed by atoms with Gasteiger partial charge in [0.1, 0.15) is 5.60 Å². The van der Waals surface area contributed by atoms with Crippen molar-refractivity contribution in [2.45, 2.75) is 57.0 Å². The number of aliphatic hydroxyl groups is 1. The van der Waals surface area contributed by atoms with E-state index in [0.717, 1.165) is 31.2 Å². The van der Waals surface area contributed by atoms with Gasteiger partial charge < -0.3 is 5.11 Å². The second-order valence-electron chi connectivity index (χ2n) is 5.39. The first-order valence-corrected chi connectivity index (χ1v) is 6.83. The van der Waals surface area contributed by atoms with E-state index in [1.165, 1.54) is 0 Å². The molecule has 0 unspecified atom stereocenters. The fraction of sp³-hybridized carbons (Fsp3) is 0.714. The Morgan fingerprint density at radius 2 is 2.06 bits per heavy atom. The third-order valence-corrected chi connectivity index (χ3v) is 3.85. The molecule has 2 rings (SSSR count). The van der Waals surface area contributed by atoms with Gasteiger partial charge in [-0.2, -0.15) is 5.10 Å². The number of rotatable bonds is 4. The predicted molar refractivity (Wildman–Crippen MR) is 69.2 cm³/mol. The molecule has 0 aromatic carbocycles. The first-order chi connectivity index (χ1) is 8.60. The second-order valence-corrected chi connectivity index (χ2v) is 5.39. The Bertz CT molecular complexity index is 404. The standard InChI is InChI=1S/C14H22N2O2/c1-16-11-12(10-15-16)6-7-13(17)14(18)8-4-2-3-5-9-14/h10-11,18H,2-9H2,1H3. The molecule has 1 aliphatic rings. The van der Waals surface area contributed by atoms with Gasteiger partial charge in [-0.15, -0.1) is 0 Å². The van der Waals surface area contributed by atoms with E-state index in [1.54, 1.807) is 10.9 Å². The molecule has 0 bridgehead atoms. The Hall–Kier alpha value is -1.16. The zero-order chi connectivity index (χ0) is 13.0. The number of hydrogen-bond donors (Lipinski definition) is 1. The molecule has 1 N–H and O–H groups in total. The highest BCUT2D eigenvalue weighted by Gasteiger charge is 2.35. The van der Waals surface area contributed by atoms with Gasteiger partial charge >= 0.3 is 0 Å². The number of Topliss-reactive ketones (excluding diaryl/α,β-unsaturated/α-hetero) is 1. The number of carbonyl (C=O) groups excluding carboxylic acids is 1. The van der Waals surface area contributed by atoms with E-state index in [9.17, 15) is 9.90 Å². The molecule has 0 atom stereocenters. The number of hydrogen-bond acceptors (Lipinski definition) is 3. The van der Waals surface area contributed by atoms with Crippen molar-refractivity contribution in [3.63, 3.8) is 0 Å².